The van der Waals surface area contributed by atoms with Gasteiger partial charge in [0.05, 0.1) is 23.9 Å². The van der Waals surface area contributed by atoms with Crippen molar-refractivity contribution in [1.29, 1.82) is 0 Å². The molecule has 0 saturated heterocycles. The summed E-state index contributed by atoms with van der Waals surface area (Å²) in [5.41, 5.74) is 1.41. The Bertz CT molecular complexity index is 644. The molecule has 0 radical (unpaired) electrons. The van der Waals surface area contributed by atoms with Gasteiger partial charge < -0.3 is 9.84 Å². The number of nitrogens with zero attached hydrogens (tertiary/aromatic N) is 2. The first-order chi connectivity index (χ1) is 9.02. The highest BCUT2D eigenvalue weighted by Gasteiger charge is 2.15. The highest BCUT2D eigenvalue weighted by atomic mass is 35.5. The molecule has 0 unspecified atom stereocenters. The van der Waals surface area contributed by atoms with Gasteiger partial charge in [-0.15, -0.1) is 0 Å². The molecule has 0 bridgehead atoms. The van der Waals surface area contributed by atoms with Gasteiger partial charge in [-0.2, -0.15) is 0 Å². The number of carbonyl (C=O) groups is 1. The zero-order valence-corrected chi connectivity index (χ0v) is 11.1. The van der Waals surface area contributed by atoms with Gasteiger partial charge in [0.15, 0.2) is 11.5 Å². The Hall–Kier alpha value is -2.14. The molecular weight excluding hydrogens is 268 g/mol. The summed E-state index contributed by atoms with van der Waals surface area (Å²) < 4.78 is 5.25. The number of halogens is 1. The summed E-state index contributed by atoms with van der Waals surface area (Å²) in [5.74, 6) is -0.350. The number of ether oxygens (including phenoxy) is 1. The number of rotatable bonds is 3. The molecule has 2 rings (SSSR count). The third-order valence-corrected chi connectivity index (χ3v) is 2.82. The van der Waals surface area contributed by atoms with E-state index >= 15 is 0 Å². The number of aryl methyl sites for hydroxylation is 1. The predicted octanol–water partition coefficient (Wildman–Crippen LogP) is 2.81. The van der Waals surface area contributed by atoms with Crippen LogP contribution in [0.5, 0.6) is 5.75 Å². The molecule has 0 saturated carbocycles. The Morgan fingerprint density at radius 2 is 2.16 bits per heavy atom. The van der Waals surface area contributed by atoms with Crippen LogP contribution in [-0.2, 0) is 0 Å². The molecule has 0 spiro atoms. The van der Waals surface area contributed by atoms with Gasteiger partial charge in [0, 0.05) is 0 Å². The monoisotopic (exact) mass is 278 g/mol. The van der Waals surface area contributed by atoms with Crippen LogP contribution in [0.3, 0.4) is 0 Å². The fourth-order valence-corrected chi connectivity index (χ4v) is 1.80. The summed E-state index contributed by atoms with van der Waals surface area (Å²) >= 11 is 5.74. The summed E-state index contributed by atoms with van der Waals surface area (Å²) in [7, 11) is 1.53. The minimum absolute atomic E-state index is 0.00216. The molecule has 98 valence electrons. The quantitative estimate of drug-likeness (QED) is 0.934. The zero-order chi connectivity index (χ0) is 14.0. The number of hydrogen-bond donors (Lipinski definition) is 1. The topological polar surface area (TPSA) is 72.3 Å². The van der Waals surface area contributed by atoms with Crippen LogP contribution in [0.15, 0.2) is 24.4 Å². The van der Waals surface area contributed by atoms with E-state index < -0.39 is 5.97 Å². The normalized spacial score (nSPS) is 10.3. The third kappa shape index (κ3) is 2.66. The number of aromatic nitrogens is 2. The van der Waals surface area contributed by atoms with Gasteiger partial charge in [0.25, 0.3) is 0 Å². The second kappa shape index (κ2) is 5.24. The Labute approximate surface area is 114 Å². The van der Waals surface area contributed by atoms with Gasteiger partial charge in [-0.25, -0.2) is 14.8 Å². The van der Waals surface area contributed by atoms with Crippen LogP contribution < -0.4 is 4.74 Å². The number of carboxylic acid groups (broad SMARTS) is 1. The average Bonchev–Trinajstić information content (AvgIpc) is 2.39. The van der Waals surface area contributed by atoms with Gasteiger partial charge >= 0.3 is 5.97 Å². The first-order valence-corrected chi connectivity index (χ1v) is 5.81. The van der Waals surface area contributed by atoms with E-state index in [1.54, 1.807) is 6.07 Å². The van der Waals surface area contributed by atoms with Gasteiger partial charge in [0.1, 0.15) is 5.75 Å². The van der Waals surface area contributed by atoms with Crippen molar-refractivity contribution in [2.75, 3.05) is 7.11 Å². The van der Waals surface area contributed by atoms with Crippen molar-refractivity contribution >= 4 is 17.6 Å². The summed E-state index contributed by atoms with van der Waals surface area (Å²) in [6.45, 7) is 1.93. The maximum Gasteiger partial charge on any atom is 0.356 e. The Morgan fingerprint density at radius 3 is 2.79 bits per heavy atom. The van der Waals surface area contributed by atoms with Crippen LogP contribution in [0.4, 0.5) is 0 Å². The molecular formula is C13H11ClN2O3. The summed E-state index contributed by atoms with van der Waals surface area (Å²) in [5, 5.41) is 9.00. The number of aromatic carboxylic acids is 1. The van der Waals surface area contributed by atoms with E-state index in [4.69, 9.17) is 21.4 Å². The highest BCUT2D eigenvalue weighted by Crippen LogP contribution is 2.29. The van der Waals surface area contributed by atoms with E-state index in [1.807, 2.05) is 19.1 Å². The van der Waals surface area contributed by atoms with Crippen LogP contribution in [0.2, 0.25) is 5.02 Å². The van der Waals surface area contributed by atoms with E-state index in [9.17, 15) is 4.79 Å². The third-order valence-electron chi connectivity index (χ3n) is 2.54. The smallest absolute Gasteiger partial charge is 0.356 e. The highest BCUT2D eigenvalue weighted by molar-refractivity contribution is 6.33. The molecule has 19 heavy (non-hydrogen) atoms. The molecule has 0 fully saturated rings. The van der Waals surface area contributed by atoms with Gasteiger partial charge in [-0.1, -0.05) is 17.7 Å². The number of carboxylic acids is 1. The Morgan fingerprint density at radius 1 is 1.42 bits per heavy atom. The lowest BCUT2D eigenvalue weighted by molar-refractivity contribution is 0.0690. The van der Waals surface area contributed by atoms with Crippen molar-refractivity contribution in [1.82, 2.24) is 9.97 Å². The molecule has 6 heteroatoms. The first-order valence-electron chi connectivity index (χ1n) is 5.43. The SMILES string of the molecule is COc1cc(C)ccc1-c1ncc(Cl)c(C(=O)O)n1. The van der Waals surface area contributed by atoms with E-state index in [0.717, 1.165) is 5.56 Å². The Balaban J connectivity index is 2.59. The van der Waals surface area contributed by atoms with Crippen LogP contribution >= 0.6 is 11.6 Å². The number of hydrogen-bond acceptors (Lipinski definition) is 4. The zero-order valence-electron chi connectivity index (χ0n) is 10.3. The largest absolute Gasteiger partial charge is 0.496 e. The molecule has 5 nitrogen and oxygen atoms in total. The minimum Gasteiger partial charge on any atom is -0.496 e. The van der Waals surface area contributed by atoms with Crippen LogP contribution in [-0.4, -0.2) is 28.2 Å². The number of methoxy groups -OCH3 is 1. The molecule has 1 N–H and O–H groups in total. The fourth-order valence-electron chi connectivity index (χ4n) is 1.63. The van der Waals surface area contributed by atoms with Gasteiger partial charge in [-0.05, 0) is 24.6 Å². The van der Waals surface area contributed by atoms with Crippen molar-refractivity contribution in [3.8, 4) is 17.1 Å². The number of benzene rings is 1. The summed E-state index contributed by atoms with van der Waals surface area (Å²) in [6, 6.07) is 5.48. The lowest BCUT2D eigenvalue weighted by Gasteiger charge is -2.09. The minimum atomic E-state index is -1.19. The van der Waals surface area contributed by atoms with Crippen molar-refractivity contribution < 1.29 is 14.6 Å². The maximum atomic E-state index is 11.0. The van der Waals surface area contributed by atoms with Crippen LogP contribution in [0.1, 0.15) is 16.1 Å². The predicted molar refractivity (Wildman–Crippen MR) is 70.7 cm³/mol. The van der Waals surface area contributed by atoms with Crippen molar-refractivity contribution in [3.63, 3.8) is 0 Å². The van der Waals surface area contributed by atoms with E-state index in [0.29, 0.717) is 11.3 Å². The van der Waals surface area contributed by atoms with Crippen molar-refractivity contribution in [2.45, 2.75) is 6.92 Å². The lowest BCUT2D eigenvalue weighted by Crippen LogP contribution is -2.04. The van der Waals surface area contributed by atoms with Gasteiger partial charge in [-0.3, -0.25) is 0 Å². The molecule has 1 heterocycles. The van der Waals surface area contributed by atoms with Crippen LogP contribution in [0, 0.1) is 6.92 Å². The maximum absolute atomic E-state index is 11.0. The second-order valence-electron chi connectivity index (χ2n) is 3.90. The Kier molecular flexibility index (Phi) is 3.66. The molecule has 2 aromatic rings. The summed E-state index contributed by atoms with van der Waals surface area (Å²) in [6.07, 6.45) is 1.27. The molecule has 1 aromatic carbocycles. The lowest BCUT2D eigenvalue weighted by atomic mass is 10.1. The van der Waals surface area contributed by atoms with E-state index in [-0.39, 0.29) is 16.5 Å². The average molecular weight is 279 g/mol. The summed E-state index contributed by atoms with van der Waals surface area (Å²) in [4.78, 5) is 19.0. The fraction of sp³-hybridized carbons (Fsp3) is 0.154. The van der Waals surface area contributed by atoms with Crippen LogP contribution in [0.25, 0.3) is 11.4 Å². The molecule has 1 aromatic heterocycles. The van der Waals surface area contributed by atoms with Crippen molar-refractivity contribution in [2.24, 2.45) is 0 Å². The molecule has 0 atom stereocenters. The van der Waals surface area contributed by atoms with E-state index in [2.05, 4.69) is 9.97 Å². The van der Waals surface area contributed by atoms with Crippen molar-refractivity contribution in [3.05, 3.63) is 40.7 Å². The molecule has 0 aliphatic heterocycles. The van der Waals surface area contributed by atoms with E-state index in [1.165, 1.54) is 13.3 Å². The molecule has 0 amide bonds. The standard InChI is InChI=1S/C13H11ClN2O3/c1-7-3-4-8(10(5-7)19-2)12-15-6-9(14)11(16-12)13(17)18/h3-6H,1-2H3,(H,17,18). The molecule has 0 aliphatic carbocycles. The van der Waals surface area contributed by atoms with Gasteiger partial charge in [0.2, 0.25) is 0 Å². The second-order valence-corrected chi connectivity index (χ2v) is 4.31. The first kappa shape index (κ1) is 13.3. The molecule has 0 aliphatic rings.